The van der Waals surface area contributed by atoms with Gasteiger partial charge in [-0.3, -0.25) is 4.79 Å². The van der Waals surface area contributed by atoms with E-state index in [0.717, 1.165) is 11.1 Å². The van der Waals surface area contributed by atoms with Crippen molar-refractivity contribution >= 4 is 28.9 Å². The topological polar surface area (TPSA) is 59.4 Å². The highest BCUT2D eigenvalue weighted by atomic mass is 35.5. The summed E-state index contributed by atoms with van der Waals surface area (Å²) in [6.45, 7) is 1.90. The average Bonchev–Trinajstić information content (AvgIpc) is 2.75. The minimum Gasteiger partial charge on any atom is -0.496 e. The summed E-state index contributed by atoms with van der Waals surface area (Å²) in [6.07, 6.45) is -0.0769. The van der Waals surface area contributed by atoms with Crippen molar-refractivity contribution in [2.75, 3.05) is 7.11 Å². The van der Waals surface area contributed by atoms with Gasteiger partial charge in [-0.2, -0.15) is 0 Å². The molecule has 2 aromatic rings. The number of carboxylic acids is 1. The first-order valence-corrected chi connectivity index (χ1v) is 6.77. The fourth-order valence-corrected chi connectivity index (χ4v) is 2.89. The van der Waals surface area contributed by atoms with E-state index in [-0.39, 0.29) is 6.42 Å². The predicted octanol–water partition coefficient (Wildman–Crippen LogP) is 3.41. The molecule has 0 atom stereocenters. The number of methoxy groups -OCH3 is 1. The minimum absolute atomic E-state index is 0.0769. The van der Waals surface area contributed by atoms with Gasteiger partial charge in [-0.15, -0.1) is 11.3 Å². The summed E-state index contributed by atoms with van der Waals surface area (Å²) in [5.41, 5.74) is 2.38. The molecule has 0 unspecified atom stereocenters. The number of ether oxygens (including phenoxy) is 1. The number of carboxylic acid groups (broad SMARTS) is 1. The Bertz CT molecular complexity index is 624. The molecular weight excluding hydrogens is 286 g/mol. The number of rotatable bonds is 4. The lowest BCUT2D eigenvalue weighted by Crippen LogP contribution is -1.99. The Morgan fingerprint density at radius 3 is 2.89 bits per heavy atom. The molecule has 0 aliphatic carbocycles. The van der Waals surface area contributed by atoms with E-state index in [9.17, 15) is 4.79 Å². The van der Waals surface area contributed by atoms with Crippen molar-refractivity contribution in [3.05, 3.63) is 33.1 Å². The zero-order valence-corrected chi connectivity index (χ0v) is 12.0. The van der Waals surface area contributed by atoms with Gasteiger partial charge in [-0.25, -0.2) is 4.98 Å². The van der Waals surface area contributed by atoms with Crippen molar-refractivity contribution in [2.45, 2.75) is 13.3 Å². The highest BCUT2D eigenvalue weighted by molar-refractivity contribution is 7.10. The van der Waals surface area contributed by atoms with Crippen LogP contribution in [0, 0.1) is 6.92 Å². The van der Waals surface area contributed by atoms with Crippen molar-refractivity contribution in [2.24, 2.45) is 0 Å². The minimum atomic E-state index is -0.893. The van der Waals surface area contributed by atoms with Crippen LogP contribution < -0.4 is 4.74 Å². The first kappa shape index (κ1) is 13.8. The highest BCUT2D eigenvalue weighted by Crippen LogP contribution is 2.36. The fourth-order valence-electron chi connectivity index (χ4n) is 1.84. The number of hydrogen-bond donors (Lipinski definition) is 1. The van der Waals surface area contributed by atoms with Gasteiger partial charge in [0.05, 0.1) is 19.2 Å². The van der Waals surface area contributed by atoms with Crippen LogP contribution in [0.2, 0.25) is 5.02 Å². The van der Waals surface area contributed by atoms with Crippen molar-refractivity contribution in [3.63, 3.8) is 0 Å². The van der Waals surface area contributed by atoms with Crippen LogP contribution >= 0.6 is 22.9 Å². The second-order valence-electron chi connectivity index (χ2n) is 4.00. The van der Waals surface area contributed by atoms with Gasteiger partial charge >= 0.3 is 5.97 Å². The number of aryl methyl sites for hydroxylation is 1. The van der Waals surface area contributed by atoms with Gasteiger partial charge in [-0.05, 0) is 24.6 Å². The molecule has 0 amide bonds. The Balaban J connectivity index is 2.46. The Morgan fingerprint density at radius 1 is 1.53 bits per heavy atom. The van der Waals surface area contributed by atoms with Gasteiger partial charge in [0, 0.05) is 16.0 Å². The summed E-state index contributed by atoms with van der Waals surface area (Å²) in [5.74, 6) is -0.188. The van der Waals surface area contributed by atoms with Crippen molar-refractivity contribution < 1.29 is 14.6 Å². The van der Waals surface area contributed by atoms with E-state index in [0.29, 0.717) is 21.5 Å². The van der Waals surface area contributed by atoms with Crippen LogP contribution in [-0.2, 0) is 11.2 Å². The lowest BCUT2D eigenvalue weighted by molar-refractivity contribution is -0.136. The molecule has 1 N–H and O–H groups in total. The van der Waals surface area contributed by atoms with E-state index in [2.05, 4.69) is 4.98 Å². The summed E-state index contributed by atoms with van der Waals surface area (Å²) >= 11 is 7.36. The molecule has 1 heterocycles. The summed E-state index contributed by atoms with van der Waals surface area (Å²) in [5, 5.41) is 11.7. The van der Waals surface area contributed by atoms with Crippen LogP contribution in [0.25, 0.3) is 11.3 Å². The summed E-state index contributed by atoms with van der Waals surface area (Å²) in [4.78, 5) is 15.0. The van der Waals surface area contributed by atoms with E-state index >= 15 is 0 Å². The molecule has 1 aromatic heterocycles. The third-order valence-electron chi connectivity index (χ3n) is 2.57. The molecule has 4 nitrogen and oxygen atoms in total. The van der Waals surface area contributed by atoms with E-state index < -0.39 is 5.97 Å². The molecule has 0 aliphatic heterocycles. The Labute approximate surface area is 119 Å². The third kappa shape index (κ3) is 3.05. The monoisotopic (exact) mass is 297 g/mol. The fraction of sp³-hybridized carbons (Fsp3) is 0.231. The molecule has 100 valence electrons. The second-order valence-corrected chi connectivity index (χ2v) is 5.38. The summed E-state index contributed by atoms with van der Waals surface area (Å²) in [7, 11) is 1.59. The molecule has 0 bridgehead atoms. The zero-order chi connectivity index (χ0) is 14.0. The standard InChI is InChI=1S/C13H12ClNO3S/c1-7-3-8(14)4-9(13(7)18-2)10-6-19-11(15-10)5-12(16)17/h3-4,6H,5H2,1-2H3,(H,16,17). The molecule has 6 heteroatoms. The maximum absolute atomic E-state index is 10.7. The molecule has 2 rings (SSSR count). The van der Waals surface area contributed by atoms with Crippen LogP contribution in [0.4, 0.5) is 0 Å². The number of thiazole rings is 1. The average molecular weight is 298 g/mol. The summed E-state index contributed by atoms with van der Waals surface area (Å²) < 4.78 is 5.37. The SMILES string of the molecule is COc1c(C)cc(Cl)cc1-c1csc(CC(=O)O)n1. The van der Waals surface area contributed by atoms with Gasteiger partial charge in [-0.1, -0.05) is 11.6 Å². The smallest absolute Gasteiger partial charge is 0.310 e. The van der Waals surface area contributed by atoms with Gasteiger partial charge < -0.3 is 9.84 Å². The molecule has 0 saturated carbocycles. The number of hydrogen-bond acceptors (Lipinski definition) is 4. The third-order valence-corrected chi connectivity index (χ3v) is 3.64. The van der Waals surface area contributed by atoms with Crippen LogP contribution in [0.15, 0.2) is 17.5 Å². The Hall–Kier alpha value is -1.59. The summed E-state index contributed by atoms with van der Waals surface area (Å²) in [6, 6.07) is 3.58. The number of halogens is 1. The lowest BCUT2D eigenvalue weighted by Gasteiger charge is -2.10. The quantitative estimate of drug-likeness (QED) is 0.939. The molecule has 0 spiro atoms. The maximum atomic E-state index is 10.7. The first-order chi connectivity index (χ1) is 9.01. The van der Waals surface area contributed by atoms with E-state index in [1.165, 1.54) is 11.3 Å². The number of nitrogens with zero attached hydrogens (tertiary/aromatic N) is 1. The lowest BCUT2D eigenvalue weighted by atomic mass is 10.1. The first-order valence-electron chi connectivity index (χ1n) is 5.52. The van der Waals surface area contributed by atoms with Crippen LogP contribution in [0.5, 0.6) is 5.75 Å². The largest absolute Gasteiger partial charge is 0.496 e. The maximum Gasteiger partial charge on any atom is 0.310 e. The molecule has 0 aliphatic rings. The van der Waals surface area contributed by atoms with Gasteiger partial charge in [0.1, 0.15) is 10.8 Å². The molecule has 0 fully saturated rings. The number of aromatic nitrogens is 1. The van der Waals surface area contributed by atoms with Crippen LogP contribution in [-0.4, -0.2) is 23.2 Å². The number of aliphatic carboxylic acids is 1. The normalized spacial score (nSPS) is 10.5. The molecule has 0 radical (unpaired) electrons. The van der Waals surface area contributed by atoms with Gasteiger partial charge in [0.25, 0.3) is 0 Å². The second kappa shape index (κ2) is 5.59. The van der Waals surface area contributed by atoms with Crippen LogP contribution in [0.3, 0.4) is 0 Å². The molecule has 0 saturated heterocycles. The molecule has 1 aromatic carbocycles. The van der Waals surface area contributed by atoms with Crippen molar-refractivity contribution in [1.29, 1.82) is 0 Å². The number of benzene rings is 1. The highest BCUT2D eigenvalue weighted by Gasteiger charge is 2.14. The van der Waals surface area contributed by atoms with E-state index in [1.807, 2.05) is 18.4 Å². The molecule has 19 heavy (non-hydrogen) atoms. The van der Waals surface area contributed by atoms with Gasteiger partial charge in [0.2, 0.25) is 0 Å². The van der Waals surface area contributed by atoms with E-state index in [4.69, 9.17) is 21.4 Å². The van der Waals surface area contributed by atoms with Gasteiger partial charge in [0.15, 0.2) is 0 Å². The van der Waals surface area contributed by atoms with Crippen LogP contribution in [0.1, 0.15) is 10.6 Å². The Morgan fingerprint density at radius 2 is 2.26 bits per heavy atom. The molecular formula is C13H12ClNO3S. The van der Waals surface area contributed by atoms with Crippen molar-refractivity contribution in [1.82, 2.24) is 4.98 Å². The van der Waals surface area contributed by atoms with E-state index in [1.54, 1.807) is 13.2 Å². The Kier molecular flexibility index (Phi) is 4.07. The number of carbonyl (C=O) groups is 1. The predicted molar refractivity (Wildman–Crippen MR) is 75.2 cm³/mol. The van der Waals surface area contributed by atoms with Crippen molar-refractivity contribution in [3.8, 4) is 17.0 Å². The zero-order valence-electron chi connectivity index (χ0n) is 10.4.